The van der Waals surface area contributed by atoms with Crippen LogP contribution in [0.2, 0.25) is 0 Å². The molecule has 3 nitrogen and oxygen atoms in total. The molecule has 0 heterocycles. The van der Waals surface area contributed by atoms with Crippen LogP contribution < -0.4 is 4.74 Å². The van der Waals surface area contributed by atoms with Crippen LogP contribution in [0.1, 0.15) is 15.9 Å². The number of benzene rings is 1. The summed E-state index contributed by atoms with van der Waals surface area (Å²) in [5.41, 5.74) is -1.66. The number of hydrogen-bond donors (Lipinski definition) is 1. The van der Waals surface area contributed by atoms with E-state index in [4.69, 9.17) is 5.11 Å². The summed E-state index contributed by atoms with van der Waals surface area (Å²) in [5, 5.41) is 8.79. The van der Waals surface area contributed by atoms with Gasteiger partial charge in [0.25, 0.3) is 0 Å². The van der Waals surface area contributed by atoms with Crippen LogP contribution in [0.3, 0.4) is 0 Å². The lowest BCUT2D eigenvalue weighted by Gasteiger charge is -2.14. The second-order valence-corrected chi connectivity index (χ2v) is 3.66. The summed E-state index contributed by atoms with van der Waals surface area (Å²) in [6.07, 6.45) is -4.66. The molecule has 0 aliphatic carbocycles. The lowest BCUT2D eigenvalue weighted by molar-refractivity contribution is -0.138. The zero-order valence-corrected chi connectivity index (χ0v) is 9.52. The minimum atomic E-state index is -4.66. The van der Waals surface area contributed by atoms with E-state index in [0.717, 1.165) is 19.2 Å². The maximum absolute atomic E-state index is 12.5. The minimum Gasteiger partial charge on any atom is -0.495 e. The Bertz CT molecular complexity index is 429. The first-order valence-electron chi connectivity index (χ1n) is 3.96. The van der Waals surface area contributed by atoms with E-state index in [1.165, 1.54) is 0 Å². The highest BCUT2D eigenvalue weighted by molar-refractivity contribution is 9.10. The van der Waals surface area contributed by atoms with Crippen molar-refractivity contribution in [2.45, 2.75) is 6.18 Å². The van der Waals surface area contributed by atoms with Gasteiger partial charge in [-0.15, -0.1) is 0 Å². The summed E-state index contributed by atoms with van der Waals surface area (Å²) in [7, 11) is 0.990. The Morgan fingerprint density at radius 1 is 1.44 bits per heavy atom. The normalized spacial score (nSPS) is 11.3. The molecule has 0 radical (unpaired) electrons. The smallest absolute Gasteiger partial charge is 0.419 e. The van der Waals surface area contributed by atoms with Crippen LogP contribution in [0.15, 0.2) is 16.6 Å². The summed E-state index contributed by atoms with van der Waals surface area (Å²) >= 11 is 2.86. The van der Waals surface area contributed by atoms with Gasteiger partial charge in [-0.2, -0.15) is 13.2 Å². The molecule has 0 atom stereocenters. The van der Waals surface area contributed by atoms with Gasteiger partial charge < -0.3 is 9.84 Å². The number of ether oxygens (including phenoxy) is 1. The van der Waals surface area contributed by atoms with Crippen LogP contribution in [-0.2, 0) is 6.18 Å². The average Bonchev–Trinajstić information content (AvgIpc) is 2.14. The number of carboxylic acids is 1. The number of alkyl halides is 3. The number of aromatic carboxylic acids is 1. The summed E-state index contributed by atoms with van der Waals surface area (Å²) in [6, 6.07) is 1.78. The molecule has 88 valence electrons. The molecule has 0 bridgehead atoms. The first-order chi connectivity index (χ1) is 7.29. The zero-order chi connectivity index (χ0) is 12.5. The van der Waals surface area contributed by atoms with E-state index in [0.29, 0.717) is 0 Å². The topological polar surface area (TPSA) is 46.5 Å². The number of hydrogen-bond acceptors (Lipinski definition) is 2. The fraction of sp³-hybridized carbons (Fsp3) is 0.222. The predicted molar refractivity (Wildman–Crippen MR) is 52.7 cm³/mol. The van der Waals surface area contributed by atoms with E-state index in [9.17, 15) is 18.0 Å². The quantitative estimate of drug-likeness (QED) is 0.912. The van der Waals surface area contributed by atoms with Crippen molar-refractivity contribution in [2.75, 3.05) is 7.11 Å². The molecule has 16 heavy (non-hydrogen) atoms. The minimum absolute atomic E-state index is 0.0323. The van der Waals surface area contributed by atoms with Gasteiger partial charge in [0.1, 0.15) is 11.3 Å². The molecule has 1 aromatic rings. The number of methoxy groups -OCH3 is 1. The molecule has 0 fully saturated rings. The van der Waals surface area contributed by atoms with Gasteiger partial charge in [-0.25, -0.2) is 4.79 Å². The van der Waals surface area contributed by atoms with Gasteiger partial charge in [0.05, 0.1) is 12.7 Å². The lowest BCUT2D eigenvalue weighted by atomic mass is 10.1. The first kappa shape index (κ1) is 12.8. The molecule has 1 N–H and O–H groups in total. The highest BCUT2D eigenvalue weighted by Crippen LogP contribution is 2.40. The molecule has 0 saturated heterocycles. The largest absolute Gasteiger partial charge is 0.495 e. The van der Waals surface area contributed by atoms with Crippen LogP contribution in [-0.4, -0.2) is 18.2 Å². The molecular weight excluding hydrogens is 293 g/mol. The van der Waals surface area contributed by atoms with Crippen LogP contribution >= 0.6 is 15.9 Å². The monoisotopic (exact) mass is 298 g/mol. The standard InChI is InChI=1S/C9H6BrF3O3/c1-16-7-4(9(11,12)13)2-3-5(10)6(7)8(14)15/h2-3H,1H3,(H,14,15). The van der Waals surface area contributed by atoms with E-state index in [2.05, 4.69) is 20.7 Å². The Morgan fingerprint density at radius 2 is 2.00 bits per heavy atom. The van der Waals surface area contributed by atoms with Crippen molar-refractivity contribution in [3.05, 3.63) is 27.7 Å². The van der Waals surface area contributed by atoms with Gasteiger partial charge in [-0.1, -0.05) is 0 Å². The van der Waals surface area contributed by atoms with Crippen LogP contribution in [0, 0.1) is 0 Å². The highest BCUT2D eigenvalue weighted by atomic mass is 79.9. The van der Waals surface area contributed by atoms with Crippen molar-refractivity contribution in [2.24, 2.45) is 0 Å². The summed E-state index contributed by atoms with van der Waals surface area (Å²) in [5.74, 6) is -2.19. The molecule has 0 aliphatic heterocycles. The third-order valence-electron chi connectivity index (χ3n) is 1.83. The molecule has 1 rings (SSSR count). The van der Waals surface area contributed by atoms with Crippen LogP contribution in [0.25, 0.3) is 0 Å². The van der Waals surface area contributed by atoms with E-state index < -0.39 is 29.0 Å². The molecule has 0 aromatic heterocycles. The van der Waals surface area contributed by atoms with Crippen molar-refractivity contribution in [3.63, 3.8) is 0 Å². The van der Waals surface area contributed by atoms with E-state index >= 15 is 0 Å². The molecule has 0 spiro atoms. The molecule has 0 unspecified atom stereocenters. The Labute approximate surface area is 97.0 Å². The third kappa shape index (κ3) is 2.29. The van der Waals surface area contributed by atoms with Crippen molar-refractivity contribution < 1.29 is 27.8 Å². The van der Waals surface area contributed by atoms with Gasteiger partial charge in [-0.3, -0.25) is 0 Å². The van der Waals surface area contributed by atoms with Crippen molar-refractivity contribution in [1.29, 1.82) is 0 Å². The van der Waals surface area contributed by atoms with E-state index in [1.807, 2.05) is 0 Å². The number of carboxylic acid groups (broad SMARTS) is 1. The molecule has 0 amide bonds. The second-order valence-electron chi connectivity index (χ2n) is 2.81. The van der Waals surface area contributed by atoms with Crippen LogP contribution in [0.5, 0.6) is 5.75 Å². The maximum Gasteiger partial charge on any atom is 0.419 e. The van der Waals surface area contributed by atoms with Gasteiger partial charge in [0, 0.05) is 4.47 Å². The lowest BCUT2D eigenvalue weighted by Crippen LogP contribution is -2.11. The van der Waals surface area contributed by atoms with Gasteiger partial charge >= 0.3 is 12.1 Å². The van der Waals surface area contributed by atoms with Crippen LogP contribution in [0.4, 0.5) is 13.2 Å². The zero-order valence-electron chi connectivity index (χ0n) is 7.93. The molecule has 7 heteroatoms. The van der Waals surface area contributed by atoms with Crippen molar-refractivity contribution in [1.82, 2.24) is 0 Å². The summed E-state index contributed by atoms with van der Waals surface area (Å²) in [6.45, 7) is 0. The Balaban J connectivity index is 3.56. The predicted octanol–water partition coefficient (Wildman–Crippen LogP) is 3.17. The Hall–Kier alpha value is -1.24. The number of rotatable bonds is 2. The fourth-order valence-corrected chi connectivity index (χ4v) is 1.67. The van der Waals surface area contributed by atoms with Crippen molar-refractivity contribution in [3.8, 4) is 5.75 Å². The average molecular weight is 299 g/mol. The Kier molecular flexibility index (Phi) is 3.47. The third-order valence-corrected chi connectivity index (χ3v) is 2.49. The number of carbonyl (C=O) groups is 1. The molecule has 0 saturated carbocycles. The summed E-state index contributed by atoms with van der Waals surface area (Å²) < 4.78 is 42.1. The SMILES string of the molecule is COc1c(C(F)(F)F)ccc(Br)c1C(=O)O. The summed E-state index contributed by atoms with van der Waals surface area (Å²) in [4.78, 5) is 10.8. The molecular formula is C9H6BrF3O3. The van der Waals surface area contributed by atoms with Gasteiger partial charge in [-0.05, 0) is 28.1 Å². The van der Waals surface area contributed by atoms with E-state index in [1.54, 1.807) is 0 Å². The Morgan fingerprint density at radius 3 is 2.38 bits per heavy atom. The molecule has 1 aromatic carbocycles. The van der Waals surface area contributed by atoms with E-state index in [-0.39, 0.29) is 4.47 Å². The van der Waals surface area contributed by atoms with Gasteiger partial charge in [0.2, 0.25) is 0 Å². The highest BCUT2D eigenvalue weighted by Gasteiger charge is 2.37. The van der Waals surface area contributed by atoms with Crippen molar-refractivity contribution >= 4 is 21.9 Å². The first-order valence-corrected chi connectivity index (χ1v) is 4.75. The molecule has 0 aliphatic rings. The van der Waals surface area contributed by atoms with Gasteiger partial charge in [0.15, 0.2) is 0 Å². The maximum atomic E-state index is 12.5. The second kappa shape index (κ2) is 4.32. The number of halogens is 4. The fourth-order valence-electron chi connectivity index (χ4n) is 1.19.